The van der Waals surface area contributed by atoms with Crippen LogP contribution < -0.4 is 10.1 Å². The van der Waals surface area contributed by atoms with Gasteiger partial charge in [-0.15, -0.1) is 0 Å². The summed E-state index contributed by atoms with van der Waals surface area (Å²) in [7, 11) is 0. The molecular formula is C21H30ClN3O6. The topological polar surface area (TPSA) is 134 Å². The summed E-state index contributed by atoms with van der Waals surface area (Å²) in [6, 6.07) is 3.90. The van der Waals surface area contributed by atoms with E-state index in [2.05, 4.69) is 24.1 Å². The number of ether oxygens (including phenoxy) is 1. The fourth-order valence-electron chi connectivity index (χ4n) is 2.57. The number of hydrogen-bond acceptors (Lipinski definition) is 6. The van der Waals surface area contributed by atoms with E-state index < -0.39 is 18.0 Å². The van der Waals surface area contributed by atoms with Gasteiger partial charge in [0.1, 0.15) is 18.5 Å². The Balaban J connectivity index is 0.000000703. The van der Waals surface area contributed by atoms with Gasteiger partial charge in [-0.05, 0) is 49.1 Å². The molecule has 1 aromatic carbocycles. The molecule has 0 saturated heterocycles. The average molecular weight is 456 g/mol. The second kappa shape index (κ2) is 13.6. The molecule has 0 spiro atoms. The normalized spacial score (nSPS) is 11.5. The second-order valence-corrected chi connectivity index (χ2v) is 7.63. The van der Waals surface area contributed by atoms with E-state index in [-0.39, 0.29) is 6.61 Å². The minimum atomic E-state index is -1.82. The van der Waals surface area contributed by atoms with Crippen molar-refractivity contribution in [3.05, 3.63) is 47.0 Å². The van der Waals surface area contributed by atoms with Gasteiger partial charge in [0.05, 0.1) is 6.33 Å². The van der Waals surface area contributed by atoms with Gasteiger partial charge >= 0.3 is 11.9 Å². The van der Waals surface area contributed by atoms with Crippen LogP contribution in [0, 0.1) is 6.92 Å². The summed E-state index contributed by atoms with van der Waals surface area (Å²) in [5.41, 5.74) is 2.05. The van der Waals surface area contributed by atoms with Crippen molar-refractivity contribution < 1.29 is 29.6 Å². The fraction of sp³-hybridized carbons (Fsp3) is 0.476. The molecule has 2 rings (SSSR count). The van der Waals surface area contributed by atoms with E-state index in [4.69, 9.17) is 36.1 Å². The fourth-order valence-corrected chi connectivity index (χ4v) is 2.74. The summed E-state index contributed by atoms with van der Waals surface area (Å²) in [6.45, 7) is 8.69. The molecule has 1 atom stereocenters. The maximum absolute atomic E-state index is 10.1. The number of aliphatic carboxylic acids is 2. The van der Waals surface area contributed by atoms with Gasteiger partial charge in [-0.2, -0.15) is 0 Å². The molecule has 172 valence electrons. The van der Waals surface area contributed by atoms with Crippen molar-refractivity contribution in [2.45, 2.75) is 45.8 Å². The second-order valence-electron chi connectivity index (χ2n) is 7.23. The Morgan fingerprint density at radius 3 is 2.48 bits per heavy atom. The number of aliphatic hydroxyl groups excluding tert-OH is 1. The van der Waals surface area contributed by atoms with Gasteiger partial charge in [-0.1, -0.05) is 25.4 Å². The zero-order chi connectivity index (χ0) is 23.4. The Bertz CT molecular complexity index is 815. The van der Waals surface area contributed by atoms with Crippen molar-refractivity contribution in [2.75, 3.05) is 19.7 Å². The highest BCUT2D eigenvalue weighted by molar-refractivity contribution is 6.31. The summed E-state index contributed by atoms with van der Waals surface area (Å²) >= 11 is 6.21. The number of aromatic nitrogens is 2. The largest absolute Gasteiger partial charge is 0.491 e. The number of rotatable bonds is 10. The predicted octanol–water partition coefficient (Wildman–Crippen LogP) is 2.54. The zero-order valence-corrected chi connectivity index (χ0v) is 18.7. The highest BCUT2D eigenvalue weighted by Gasteiger charge is 2.13. The van der Waals surface area contributed by atoms with Crippen molar-refractivity contribution in [3.8, 4) is 5.75 Å². The summed E-state index contributed by atoms with van der Waals surface area (Å²) < 4.78 is 7.89. The molecule has 0 bridgehead atoms. The molecule has 0 amide bonds. The number of hydrogen-bond donors (Lipinski definition) is 4. The molecule has 4 N–H and O–H groups in total. The first kappa shape index (κ1) is 26.4. The Hall–Kier alpha value is -2.62. The van der Waals surface area contributed by atoms with Gasteiger partial charge < -0.3 is 29.9 Å². The van der Waals surface area contributed by atoms with E-state index >= 15 is 0 Å². The first-order valence-electron chi connectivity index (χ1n) is 9.85. The number of nitrogens with zero attached hydrogens (tertiary/aromatic N) is 2. The number of benzene rings is 1. The summed E-state index contributed by atoms with van der Waals surface area (Å²) in [5.74, 6) is -2.53. The molecule has 1 aromatic heterocycles. The van der Waals surface area contributed by atoms with Crippen molar-refractivity contribution >= 4 is 23.5 Å². The lowest BCUT2D eigenvalue weighted by Gasteiger charge is -2.18. The van der Waals surface area contributed by atoms with E-state index in [0.29, 0.717) is 12.5 Å². The quantitative estimate of drug-likeness (QED) is 0.317. The zero-order valence-electron chi connectivity index (χ0n) is 17.9. The van der Waals surface area contributed by atoms with Crippen LogP contribution in [0.3, 0.4) is 0 Å². The van der Waals surface area contributed by atoms with Crippen LogP contribution in [0.2, 0.25) is 5.02 Å². The number of nitrogens with one attached hydrogen (secondary N) is 1. The van der Waals surface area contributed by atoms with Crippen molar-refractivity contribution in [1.82, 2.24) is 14.9 Å². The van der Waals surface area contributed by atoms with Crippen LogP contribution in [0.5, 0.6) is 5.75 Å². The first-order chi connectivity index (χ1) is 14.6. The maximum Gasteiger partial charge on any atom is 0.414 e. The number of imidazole rings is 1. The van der Waals surface area contributed by atoms with E-state index in [0.717, 1.165) is 41.4 Å². The third-order valence-corrected chi connectivity index (χ3v) is 4.64. The number of carbonyl (C=O) groups is 2. The highest BCUT2D eigenvalue weighted by atomic mass is 35.5. The van der Waals surface area contributed by atoms with Crippen LogP contribution in [0.15, 0.2) is 30.9 Å². The van der Waals surface area contributed by atoms with Gasteiger partial charge in [0.2, 0.25) is 0 Å². The minimum absolute atomic E-state index is 0.259. The van der Waals surface area contributed by atoms with Crippen LogP contribution in [-0.4, -0.2) is 62.6 Å². The van der Waals surface area contributed by atoms with E-state index in [1.54, 1.807) is 6.20 Å². The van der Waals surface area contributed by atoms with Crippen LogP contribution in [0.25, 0.3) is 0 Å². The molecule has 1 unspecified atom stereocenters. The van der Waals surface area contributed by atoms with Gasteiger partial charge in [0.15, 0.2) is 0 Å². The SMILES string of the molecule is Cc1cc(OCC(O)CNCCCn2ccnc2)c(C(C)C)cc1Cl.O=C(O)C(=O)O. The minimum Gasteiger partial charge on any atom is -0.491 e. The predicted molar refractivity (Wildman–Crippen MR) is 117 cm³/mol. The average Bonchev–Trinajstić information content (AvgIpc) is 3.22. The lowest BCUT2D eigenvalue weighted by atomic mass is 10.0. The van der Waals surface area contributed by atoms with Crippen molar-refractivity contribution in [3.63, 3.8) is 0 Å². The Morgan fingerprint density at radius 1 is 1.26 bits per heavy atom. The van der Waals surface area contributed by atoms with Crippen molar-refractivity contribution in [2.24, 2.45) is 0 Å². The molecule has 10 heteroatoms. The summed E-state index contributed by atoms with van der Waals surface area (Å²) in [6.07, 6.45) is 5.96. The standard InChI is InChI=1S/C19H28ClN3O2.C2H2O4/c1-14(2)17-10-18(20)15(3)9-19(17)25-12-16(24)11-21-5-4-7-23-8-6-22-13-23;3-1(4)2(5)6/h6,8-10,13-14,16,21,24H,4-5,7,11-12H2,1-3H3;(H,3,4)(H,5,6). The number of halogens is 1. The molecule has 2 aromatic rings. The van der Waals surface area contributed by atoms with Gasteiger partial charge in [-0.3, -0.25) is 0 Å². The summed E-state index contributed by atoms with van der Waals surface area (Å²) in [5, 5.41) is 28.9. The number of aryl methyl sites for hydroxylation is 2. The van der Waals surface area contributed by atoms with E-state index in [1.165, 1.54) is 0 Å². The third-order valence-electron chi connectivity index (χ3n) is 4.24. The number of carboxylic acid groups (broad SMARTS) is 2. The van der Waals surface area contributed by atoms with Gasteiger partial charge in [0.25, 0.3) is 0 Å². The molecule has 0 aliphatic rings. The third kappa shape index (κ3) is 10.3. The molecule has 31 heavy (non-hydrogen) atoms. The molecule has 0 aliphatic carbocycles. The monoisotopic (exact) mass is 455 g/mol. The van der Waals surface area contributed by atoms with Crippen molar-refractivity contribution in [1.29, 1.82) is 0 Å². The van der Waals surface area contributed by atoms with Crippen LogP contribution in [-0.2, 0) is 16.1 Å². The smallest absolute Gasteiger partial charge is 0.414 e. The molecule has 0 fully saturated rings. The number of carboxylic acids is 2. The molecule has 0 saturated carbocycles. The highest BCUT2D eigenvalue weighted by Crippen LogP contribution is 2.32. The molecular weight excluding hydrogens is 426 g/mol. The molecule has 9 nitrogen and oxygen atoms in total. The molecule has 0 aliphatic heterocycles. The van der Waals surface area contributed by atoms with E-state index in [9.17, 15) is 5.11 Å². The van der Waals surface area contributed by atoms with Crippen LogP contribution in [0.1, 0.15) is 37.3 Å². The lowest BCUT2D eigenvalue weighted by Crippen LogP contribution is -2.32. The lowest BCUT2D eigenvalue weighted by molar-refractivity contribution is -0.159. The Labute approximate surface area is 186 Å². The maximum atomic E-state index is 10.1. The Kier molecular flexibility index (Phi) is 11.6. The van der Waals surface area contributed by atoms with Crippen LogP contribution >= 0.6 is 11.6 Å². The summed E-state index contributed by atoms with van der Waals surface area (Å²) in [4.78, 5) is 22.2. The molecule has 0 radical (unpaired) electrons. The number of aliphatic hydroxyl groups is 1. The van der Waals surface area contributed by atoms with Crippen LogP contribution in [0.4, 0.5) is 0 Å². The van der Waals surface area contributed by atoms with Gasteiger partial charge in [0, 0.05) is 30.5 Å². The first-order valence-corrected chi connectivity index (χ1v) is 10.2. The van der Waals surface area contributed by atoms with E-state index in [1.807, 2.05) is 36.1 Å². The Morgan fingerprint density at radius 2 is 1.94 bits per heavy atom. The van der Waals surface area contributed by atoms with Gasteiger partial charge in [-0.25, -0.2) is 14.6 Å². The molecule has 1 heterocycles.